The first-order valence-corrected chi connectivity index (χ1v) is 15.8. The predicted molar refractivity (Wildman–Crippen MR) is 189 cm³/mol. The van der Waals surface area contributed by atoms with E-state index in [0.29, 0.717) is 11.4 Å². The second-order valence-corrected chi connectivity index (χ2v) is 12.6. The van der Waals surface area contributed by atoms with E-state index in [2.05, 4.69) is 111 Å². The number of furan rings is 1. The van der Waals surface area contributed by atoms with Gasteiger partial charge in [-0.2, -0.15) is 0 Å². The topological polar surface area (TPSA) is 38.9 Å². The number of benzene rings is 6. The van der Waals surface area contributed by atoms with Crippen molar-refractivity contribution in [2.24, 2.45) is 0 Å². The minimum atomic E-state index is -0.0189. The minimum Gasteiger partial charge on any atom is -0.452 e. The van der Waals surface area contributed by atoms with Gasteiger partial charge >= 0.3 is 0 Å². The van der Waals surface area contributed by atoms with E-state index < -0.39 is 0 Å². The molecule has 46 heavy (non-hydrogen) atoms. The first-order valence-electron chi connectivity index (χ1n) is 15.8. The van der Waals surface area contributed by atoms with E-state index in [0.717, 1.165) is 44.4 Å². The first kappa shape index (κ1) is 26.6. The van der Waals surface area contributed by atoms with Crippen LogP contribution in [0.15, 0.2) is 150 Å². The van der Waals surface area contributed by atoms with Crippen molar-refractivity contribution in [1.29, 1.82) is 0 Å². The van der Waals surface area contributed by atoms with Crippen LogP contribution in [0.25, 0.3) is 78.1 Å². The van der Waals surface area contributed by atoms with Crippen LogP contribution >= 0.6 is 0 Å². The Morgan fingerprint density at radius 3 is 1.91 bits per heavy atom. The third-order valence-electron chi connectivity index (χ3n) is 9.53. The molecule has 0 amide bonds. The minimum absolute atomic E-state index is 0.0189. The molecule has 1 aliphatic rings. The highest BCUT2D eigenvalue weighted by Gasteiger charge is 2.36. The molecule has 0 saturated carbocycles. The average Bonchev–Trinajstić information content (AvgIpc) is 3.60. The van der Waals surface area contributed by atoms with E-state index in [1.54, 1.807) is 0 Å². The van der Waals surface area contributed by atoms with Gasteiger partial charge in [0.25, 0.3) is 0 Å². The molecule has 0 bridgehead atoms. The Morgan fingerprint density at radius 1 is 0.500 bits per heavy atom. The molecule has 1 aliphatic carbocycles. The predicted octanol–water partition coefficient (Wildman–Crippen LogP) is 11.4. The lowest BCUT2D eigenvalue weighted by atomic mass is 9.82. The molecule has 3 heteroatoms. The SMILES string of the molecule is CC1(C)c2ccccc2-c2c(-c3ccc(-c4ccc5oc6c(-c7ccccc7)nc(-c7ccccc7)nc6c5c4)cc3)cccc21. The molecule has 0 atom stereocenters. The molecule has 6 aromatic carbocycles. The van der Waals surface area contributed by atoms with Crippen LogP contribution in [-0.2, 0) is 5.41 Å². The lowest BCUT2D eigenvalue weighted by Gasteiger charge is -2.21. The van der Waals surface area contributed by atoms with Gasteiger partial charge < -0.3 is 4.42 Å². The van der Waals surface area contributed by atoms with Crippen molar-refractivity contribution < 1.29 is 4.42 Å². The molecule has 0 radical (unpaired) electrons. The molecule has 3 nitrogen and oxygen atoms in total. The normalized spacial score (nSPS) is 13.2. The Bertz CT molecular complexity index is 2420. The Kier molecular flexibility index (Phi) is 5.85. The van der Waals surface area contributed by atoms with E-state index in [4.69, 9.17) is 14.4 Å². The summed E-state index contributed by atoms with van der Waals surface area (Å²) in [7, 11) is 0. The summed E-state index contributed by atoms with van der Waals surface area (Å²) < 4.78 is 6.46. The quantitative estimate of drug-likeness (QED) is 0.205. The maximum Gasteiger partial charge on any atom is 0.180 e. The van der Waals surface area contributed by atoms with E-state index in [9.17, 15) is 0 Å². The van der Waals surface area contributed by atoms with Gasteiger partial charge in [-0.25, -0.2) is 9.97 Å². The van der Waals surface area contributed by atoms with Crippen molar-refractivity contribution in [2.45, 2.75) is 19.3 Å². The second-order valence-electron chi connectivity index (χ2n) is 12.6. The smallest absolute Gasteiger partial charge is 0.180 e. The van der Waals surface area contributed by atoms with Gasteiger partial charge in [0.2, 0.25) is 0 Å². The number of hydrogen-bond acceptors (Lipinski definition) is 3. The maximum absolute atomic E-state index is 6.46. The Hall–Kier alpha value is -5.80. The van der Waals surface area contributed by atoms with Crippen LogP contribution < -0.4 is 0 Å². The molecular formula is C43H30N2O. The summed E-state index contributed by atoms with van der Waals surface area (Å²) in [6, 6.07) is 51.3. The van der Waals surface area contributed by atoms with Gasteiger partial charge in [0.05, 0.1) is 0 Å². The maximum atomic E-state index is 6.46. The van der Waals surface area contributed by atoms with E-state index >= 15 is 0 Å². The molecule has 0 aliphatic heterocycles. The number of hydrogen-bond donors (Lipinski definition) is 0. The van der Waals surface area contributed by atoms with Gasteiger partial charge in [0.1, 0.15) is 16.8 Å². The van der Waals surface area contributed by atoms with Crippen LogP contribution in [0.5, 0.6) is 0 Å². The summed E-state index contributed by atoms with van der Waals surface area (Å²) in [6.45, 7) is 4.66. The standard InChI is InChI=1S/C43H30N2O/c1-43(2)35-18-10-9-16-33(35)38-32(17-11-19-36(38)43)28-22-20-27(21-23-28)31-24-25-37-34(26-31)40-41(46-37)39(29-12-5-3-6-13-29)44-42(45-40)30-14-7-4-8-15-30/h3-26H,1-2H3. The van der Waals surface area contributed by atoms with Crippen molar-refractivity contribution >= 4 is 22.1 Å². The number of rotatable bonds is 4. The van der Waals surface area contributed by atoms with Gasteiger partial charge in [-0.05, 0) is 56.6 Å². The monoisotopic (exact) mass is 590 g/mol. The Balaban J connectivity index is 1.16. The van der Waals surface area contributed by atoms with Crippen LogP contribution in [0.4, 0.5) is 0 Å². The summed E-state index contributed by atoms with van der Waals surface area (Å²) in [5, 5.41) is 0.980. The van der Waals surface area contributed by atoms with Gasteiger partial charge in [0.15, 0.2) is 11.4 Å². The van der Waals surface area contributed by atoms with E-state index in [1.165, 1.54) is 33.4 Å². The summed E-state index contributed by atoms with van der Waals surface area (Å²) >= 11 is 0. The third-order valence-corrected chi connectivity index (χ3v) is 9.53. The number of aromatic nitrogens is 2. The van der Waals surface area contributed by atoms with Gasteiger partial charge in [-0.3, -0.25) is 0 Å². The van der Waals surface area contributed by atoms with E-state index in [-0.39, 0.29) is 5.41 Å². The zero-order chi connectivity index (χ0) is 30.8. The van der Waals surface area contributed by atoms with Gasteiger partial charge in [-0.15, -0.1) is 0 Å². The van der Waals surface area contributed by atoms with Crippen LogP contribution in [-0.4, -0.2) is 9.97 Å². The highest BCUT2D eigenvalue weighted by atomic mass is 16.3. The van der Waals surface area contributed by atoms with Gasteiger partial charge in [0, 0.05) is 21.9 Å². The molecule has 9 rings (SSSR count). The van der Waals surface area contributed by atoms with Crippen LogP contribution in [0.2, 0.25) is 0 Å². The molecule has 218 valence electrons. The van der Waals surface area contributed by atoms with Crippen molar-refractivity contribution in [3.63, 3.8) is 0 Å². The summed E-state index contributed by atoms with van der Waals surface area (Å²) in [5.74, 6) is 0.685. The van der Waals surface area contributed by atoms with Crippen molar-refractivity contribution in [1.82, 2.24) is 9.97 Å². The van der Waals surface area contributed by atoms with Crippen molar-refractivity contribution in [3.8, 4) is 56.0 Å². The third kappa shape index (κ3) is 4.05. The van der Waals surface area contributed by atoms with Gasteiger partial charge in [-0.1, -0.05) is 147 Å². The molecular weight excluding hydrogens is 560 g/mol. The van der Waals surface area contributed by atoms with E-state index in [1.807, 2.05) is 48.5 Å². The largest absolute Gasteiger partial charge is 0.452 e. The summed E-state index contributed by atoms with van der Waals surface area (Å²) in [6.07, 6.45) is 0. The fourth-order valence-electron chi connectivity index (χ4n) is 7.17. The molecule has 0 N–H and O–H groups in total. The fourth-order valence-corrected chi connectivity index (χ4v) is 7.17. The summed E-state index contributed by atoms with van der Waals surface area (Å²) in [4.78, 5) is 10.1. The van der Waals surface area contributed by atoms with Crippen LogP contribution in [0.3, 0.4) is 0 Å². The number of nitrogens with zero attached hydrogens (tertiary/aromatic N) is 2. The highest BCUT2D eigenvalue weighted by Crippen LogP contribution is 2.52. The molecule has 0 spiro atoms. The average molecular weight is 591 g/mol. The lowest BCUT2D eigenvalue weighted by molar-refractivity contribution is 0.660. The fraction of sp³-hybridized carbons (Fsp3) is 0.0698. The molecule has 0 saturated heterocycles. The summed E-state index contributed by atoms with van der Waals surface area (Å²) in [5.41, 5.74) is 15.3. The van der Waals surface area contributed by atoms with Crippen LogP contribution in [0.1, 0.15) is 25.0 Å². The highest BCUT2D eigenvalue weighted by molar-refractivity contribution is 6.08. The molecule has 2 heterocycles. The zero-order valence-corrected chi connectivity index (χ0v) is 25.7. The lowest BCUT2D eigenvalue weighted by Crippen LogP contribution is -2.14. The molecule has 0 fully saturated rings. The second kappa shape index (κ2) is 10.1. The zero-order valence-electron chi connectivity index (χ0n) is 25.7. The first-order chi connectivity index (χ1) is 22.6. The molecule has 2 aromatic heterocycles. The Morgan fingerprint density at radius 2 is 1.13 bits per heavy atom. The Labute approximate surface area is 267 Å². The molecule has 8 aromatic rings. The van der Waals surface area contributed by atoms with Crippen molar-refractivity contribution in [3.05, 3.63) is 157 Å². The van der Waals surface area contributed by atoms with Crippen LogP contribution in [0, 0.1) is 0 Å². The molecule has 0 unspecified atom stereocenters. The number of fused-ring (bicyclic) bond motifs is 6. The van der Waals surface area contributed by atoms with Crippen molar-refractivity contribution in [2.75, 3.05) is 0 Å².